The van der Waals surface area contributed by atoms with E-state index in [1.54, 1.807) is 11.3 Å². The lowest BCUT2D eigenvalue weighted by atomic mass is 9.39. The van der Waals surface area contributed by atoms with Crippen LogP contribution in [0.1, 0.15) is 86.1 Å². The molecule has 1 aromatic carbocycles. The number of aliphatic hydroxyl groups is 1. The van der Waals surface area contributed by atoms with Crippen molar-refractivity contribution in [1.82, 2.24) is 35.3 Å². The number of carboxylic acid groups (broad SMARTS) is 1. The maximum Gasteiger partial charge on any atom is 0.355 e. The van der Waals surface area contributed by atoms with Crippen LogP contribution in [-0.2, 0) is 17.7 Å². The van der Waals surface area contributed by atoms with Crippen LogP contribution in [0.15, 0.2) is 42.6 Å². The summed E-state index contributed by atoms with van der Waals surface area (Å²) >= 11 is 1.57. The number of aromatic carboxylic acids is 1. The topological polar surface area (TPSA) is 163 Å². The summed E-state index contributed by atoms with van der Waals surface area (Å²) in [4.78, 5) is 24.4. The molecule has 14 heteroatoms. The third kappa shape index (κ3) is 6.98. The third-order valence-electron chi connectivity index (χ3n) is 13.2. The van der Waals surface area contributed by atoms with Gasteiger partial charge in [-0.2, -0.15) is 5.10 Å². The molecule has 4 N–H and O–H groups in total. The van der Waals surface area contributed by atoms with E-state index in [1.807, 2.05) is 55.3 Å². The van der Waals surface area contributed by atoms with Crippen molar-refractivity contribution in [2.24, 2.45) is 22.2 Å². The number of carboxylic acids is 1. The number of nitrogens with zero attached hydrogens (tertiary/aromatic N) is 7. The number of hydrogen-bond donors (Lipinski definition) is 4. The monoisotopic (exact) mass is 791 g/mol. The zero-order valence-corrected chi connectivity index (χ0v) is 34.2. The van der Waals surface area contributed by atoms with Gasteiger partial charge >= 0.3 is 5.97 Å². The fraction of sp³-hybridized carbons (Fsp3) is 0.535. The molecule has 4 bridgehead atoms. The molecule has 3 atom stereocenters. The molecule has 4 aromatic heterocycles. The number of aliphatic hydroxyl groups excluding tert-OH is 1. The number of fused-ring (bicyclic) bond motifs is 2. The minimum Gasteiger partial charge on any atom is -0.476 e. The van der Waals surface area contributed by atoms with E-state index in [0.29, 0.717) is 42.1 Å². The summed E-state index contributed by atoms with van der Waals surface area (Å²) in [5, 5.41) is 41.5. The van der Waals surface area contributed by atoms with Gasteiger partial charge in [-0.3, -0.25) is 4.68 Å². The van der Waals surface area contributed by atoms with Crippen molar-refractivity contribution in [2.45, 2.75) is 91.7 Å². The number of benzene rings is 1. The molecule has 4 aliphatic carbocycles. The quantitative estimate of drug-likeness (QED) is 0.0823. The fourth-order valence-corrected chi connectivity index (χ4v) is 12.5. The van der Waals surface area contributed by atoms with Crippen LogP contribution in [0, 0.1) is 36.0 Å². The molecular formula is C43H53N9O4S. The van der Waals surface area contributed by atoms with Gasteiger partial charge in [0.2, 0.25) is 0 Å². The standard InChI is InChI=1S/C43H53N9O4S/c1-26-29-9-7-16-51(38(29)50-49-37(26)48-40-46-32-10-5-6-11-33(32)57-40)34-13-12-30(35(47-34)39(54)55)31-21-45-52(27(31)2)25-43-23-41(3)19-28(20-42(4,22-41)24-43)36(43)56-18-15-44-14-8-17-53/h5-6,10-13,21,28,36,44,53H,7-9,14-20,22-25H2,1-4H3,(H,54,55)(H,46,48,49). The van der Waals surface area contributed by atoms with Crippen molar-refractivity contribution >= 4 is 50.1 Å². The van der Waals surface area contributed by atoms with E-state index >= 15 is 0 Å². The Labute approximate surface area is 337 Å². The smallest absolute Gasteiger partial charge is 0.355 e. The van der Waals surface area contributed by atoms with E-state index in [4.69, 9.17) is 19.8 Å². The molecule has 5 aromatic rings. The predicted octanol–water partition coefficient (Wildman–Crippen LogP) is 7.45. The predicted molar refractivity (Wildman–Crippen MR) is 222 cm³/mol. The second-order valence-electron chi connectivity index (χ2n) is 17.8. The maximum absolute atomic E-state index is 12.9. The zero-order valence-electron chi connectivity index (χ0n) is 33.3. The van der Waals surface area contributed by atoms with E-state index < -0.39 is 5.97 Å². The molecule has 0 radical (unpaired) electrons. The van der Waals surface area contributed by atoms with Gasteiger partial charge in [-0.25, -0.2) is 14.8 Å². The Balaban J connectivity index is 0.978. The van der Waals surface area contributed by atoms with Crippen LogP contribution in [0.5, 0.6) is 0 Å². The first-order valence-corrected chi connectivity index (χ1v) is 21.3. The second-order valence-corrected chi connectivity index (χ2v) is 18.8. The summed E-state index contributed by atoms with van der Waals surface area (Å²) in [6.07, 6.45) is 10.2. The molecule has 3 unspecified atom stereocenters. The Morgan fingerprint density at radius 2 is 1.82 bits per heavy atom. The van der Waals surface area contributed by atoms with Gasteiger partial charge in [-0.15, -0.1) is 10.2 Å². The van der Waals surface area contributed by atoms with Gasteiger partial charge in [0, 0.05) is 59.6 Å². The van der Waals surface area contributed by atoms with Crippen molar-refractivity contribution in [3.05, 3.63) is 65.1 Å². The van der Waals surface area contributed by atoms with Crippen molar-refractivity contribution < 1.29 is 19.7 Å². The first-order chi connectivity index (χ1) is 27.5. The lowest BCUT2D eigenvalue weighted by Crippen LogP contribution is -2.64. The third-order valence-corrected chi connectivity index (χ3v) is 14.1. The number of carbonyl (C=O) groups is 1. The van der Waals surface area contributed by atoms with Crippen LogP contribution in [0.4, 0.5) is 22.6 Å². The van der Waals surface area contributed by atoms with E-state index in [2.05, 4.69) is 45.4 Å². The minimum atomic E-state index is -1.09. The number of para-hydroxylation sites is 1. The van der Waals surface area contributed by atoms with Gasteiger partial charge in [-0.1, -0.05) is 37.3 Å². The average molecular weight is 792 g/mol. The van der Waals surface area contributed by atoms with E-state index in [-0.39, 0.29) is 34.6 Å². The van der Waals surface area contributed by atoms with Gasteiger partial charge in [-0.05, 0) is 113 Å². The molecule has 4 fully saturated rings. The van der Waals surface area contributed by atoms with Crippen molar-refractivity contribution in [2.75, 3.05) is 43.1 Å². The molecule has 0 saturated heterocycles. The van der Waals surface area contributed by atoms with Crippen LogP contribution >= 0.6 is 11.3 Å². The highest BCUT2D eigenvalue weighted by Gasteiger charge is 2.65. The number of anilines is 4. The summed E-state index contributed by atoms with van der Waals surface area (Å²) in [5.74, 6) is 1.32. The van der Waals surface area contributed by atoms with Crippen LogP contribution < -0.4 is 15.5 Å². The van der Waals surface area contributed by atoms with Crippen molar-refractivity contribution in [3.8, 4) is 11.1 Å². The van der Waals surface area contributed by atoms with Crippen LogP contribution in [-0.4, -0.2) is 85.1 Å². The lowest BCUT2D eigenvalue weighted by molar-refractivity contribution is -0.235. The maximum atomic E-state index is 12.9. The molecule has 0 amide bonds. The first-order valence-electron chi connectivity index (χ1n) is 20.4. The molecule has 13 nitrogen and oxygen atoms in total. The van der Waals surface area contributed by atoms with E-state index in [1.165, 1.54) is 19.3 Å². The van der Waals surface area contributed by atoms with E-state index in [0.717, 1.165) is 89.5 Å². The molecule has 10 rings (SSSR count). The first kappa shape index (κ1) is 38.0. The Bertz CT molecular complexity index is 2270. The normalized spacial score (nSPS) is 26.3. The summed E-state index contributed by atoms with van der Waals surface area (Å²) in [5.41, 5.74) is 5.73. The van der Waals surface area contributed by atoms with Crippen LogP contribution in [0.2, 0.25) is 0 Å². The Morgan fingerprint density at radius 3 is 2.60 bits per heavy atom. The summed E-state index contributed by atoms with van der Waals surface area (Å²) in [7, 11) is 0. The van der Waals surface area contributed by atoms with E-state index in [9.17, 15) is 15.0 Å². The fourth-order valence-electron chi connectivity index (χ4n) is 11.7. The highest BCUT2D eigenvalue weighted by Crippen LogP contribution is 2.70. The number of nitrogens with one attached hydrogen (secondary N) is 2. The van der Waals surface area contributed by atoms with Gasteiger partial charge in [0.05, 0.1) is 29.1 Å². The van der Waals surface area contributed by atoms with Gasteiger partial charge < -0.3 is 30.5 Å². The molecule has 0 spiro atoms. The number of hydrogen-bond acceptors (Lipinski definition) is 12. The highest BCUT2D eigenvalue weighted by molar-refractivity contribution is 7.22. The molecule has 57 heavy (non-hydrogen) atoms. The largest absolute Gasteiger partial charge is 0.476 e. The number of aromatic nitrogens is 6. The van der Waals surface area contributed by atoms with Gasteiger partial charge in [0.1, 0.15) is 5.82 Å². The van der Waals surface area contributed by atoms with Crippen molar-refractivity contribution in [3.63, 3.8) is 0 Å². The zero-order chi connectivity index (χ0) is 39.5. The van der Waals surface area contributed by atoms with Gasteiger partial charge in [0.25, 0.3) is 0 Å². The summed E-state index contributed by atoms with van der Waals surface area (Å²) < 4.78 is 10.0. The van der Waals surface area contributed by atoms with Gasteiger partial charge in [0.15, 0.2) is 22.5 Å². The molecular weight excluding hydrogens is 739 g/mol. The summed E-state index contributed by atoms with van der Waals surface area (Å²) in [6.45, 7) is 12.8. The average Bonchev–Trinajstić information content (AvgIpc) is 3.75. The molecule has 5 heterocycles. The number of thiazole rings is 1. The SMILES string of the molecule is Cc1c(Nc2nc3ccccc3s2)nnc2c1CCCN2c1ccc(-c2cnn(CC34CC5(C)CC(CC(C)(C5)C3)C4OCCNCCCO)c2C)c(C(=O)O)n1. The molecule has 300 valence electrons. The molecule has 1 aliphatic heterocycles. The molecule has 4 saturated carbocycles. The Hall–Kier alpha value is -4.50. The summed E-state index contributed by atoms with van der Waals surface area (Å²) in [6, 6.07) is 11.8. The van der Waals surface area contributed by atoms with Crippen LogP contribution in [0.25, 0.3) is 21.3 Å². The van der Waals surface area contributed by atoms with Crippen LogP contribution in [0.3, 0.4) is 0 Å². The number of pyridine rings is 1. The Morgan fingerprint density at radius 1 is 1.02 bits per heavy atom. The molecule has 5 aliphatic rings. The lowest BCUT2D eigenvalue weighted by Gasteiger charge is -2.68. The number of ether oxygens (including phenoxy) is 1. The second kappa shape index (κ2) is 14.7. The highest BCUT2D eigenvalue weighted by atomic mass is 32.1. The Kier molecular flexibility index (Phi) is 9.82. The number of rotatable bonds is 14. The van der Waals surface area contributed by atoms with Crippen molar-refractivity contribution in [1.29, 1.82) is 0 Å². The minimum absolute atomic E-state index is 0.00851.